The fourth-order valence-corrected chi connectivity index (χ4v) is 3.11. The second-order valence-electron chi connectivity index (χ2n) is 6.39. The molecule has 0 bridgehead atoms. The van der Waals surface area contributed by atoms with Gasteiger partial charge in [0.05, 0.1) is 23.5 Å². The molecule has 6 nitrogen and oxygen atoms in total. The van der Waals surface area contributed by atoms with Crippen molar-refractivity contribution in [2.24, 2.45) is 7.05 Å². The Kier molecular flexibility index (Phi) is 4.43. The fraction of sp³-hybridized carbons (Fsp3) is 0.471. The predicted octanol–water partition coefficient (Wildman–Crippen LogP) is 1.85. The van der Waals surface area contributed by atoms with Crippen LogP contribution in [0.25, 0.3) is 0 Å². The number of amides is 1. The first-order chi connectivity index (χ1) is 11.0. The van der Waals surface area contributed by atoms with Crippen LogP contribution in [-0.2, 0) is 13.6 Å². The highest BCUT2D eigenvalue weighted by Crippen LogP contribution is 2.32. The molecule has 0 aliphatic carbocycles. The van der Waals surface area contributed by atoms with Crippen LogP contribution in [0.3, 0.4) is 0 Å². The lowest BCUT2D eigenvalue weighted by Crippen LogP contribution is -2.30. The molecule has 122 valence electrons. The highest BCUT2D eigenvalue weighted by molar-refractivity contribution is 5.94. The molecule has 1 fully saturated rings. The molecule has 0 spiro atoms. The summed E-state index contributed by atoms with van der Waals surface area (Å²) in [4.78, 5) is 21.3. The van der Waals surface area contributed by atoms with E-state index >= 15 is 0 Å². The van der Waals surface area contributed by atoms with Crippen LogP contribution in [0.15, 0.2) is 30.7 Å². The summed E-state index contributed by atoms with van der Waals surface area (Å²) in [7, 11) is 5.90. The molecule has 0 unspecified atom stereocenters. The van der Waals surface area contributed by atoms with Crippen molar-refractivity contribution < 1.29 is 4.79 Å². The van der Waals surface area contributed by atoms with E-state index in [4.69, 9.17) is 0 Å². The molecule has 2 aromatic heterocycles. The molecule has 6 heteroatoms. The second kappa shape index (κ2) is 6.50. The third-order valence-corrected chi connectivity index (χ3v) is 4.15. The summed E-state index contributed by atoms with van der Waals surface area (Å²) < 4.78 is 1.66. The van der Waals surface area contributed by atoms with E-state index in [9.17, 15) is 4.79 Å². The van der Waals surface area contributed by atoms with Crippen LogP contribution < -0.4 is 0 Å². The van der Waals surface area contributed by atoms with Crippen LogP contribution >= 0.6 is 0 Å². The van der Waals surface area contributed by atoms with E-state index in [1.54, 1.807) is 17.1 Å². The molecule has 1 aliphatic heterocycles. The molecular weight excluding hydrogens is 290 g/mol. The first-order valence-corrected chi connectivity index (χ1v) is 7.94. The minimum absolute atomic E-state index is 0.0415. The van der Waals surface area contributed by atoms with Crippen molar-refractivity contribution in [3.05, 3.63) is 47.5 Å². The van der Waals surface area contributed by atoms with Crippen molar-refractivity contribution in [1.82, 2.24) is 24.6 Å². The minimum Gasteiger partial charge on any atom is -0.330 e. The van der Waals surface area contributed by atoms with E-state index in [0.717, 1.165) is 31.6 Å². The standard InChI is InChI=1S/C17H23N5O/c1-20(2)11-13-6-7-15(18-9-13)16-5-4-8-22(16)17(23)14-10-19-21(3)12-14/h6-7,9-10,12,16H,4-5,8,11H2,1-3H3/t16-/m1/s1. The van der Waals surface area contributed by atoms with E-state index in [1.807, 2.05) is 32.2 Å². The van der Waals surface area contributed by atoms with Crippen molar-refractivity contribution >= 4 is 5.91 Å². The second-order valence-corrected chi connectivity index (χ2v) is 6.39. The van der Waals surface area contributed by atoms with E-state index in [2.05, 4.69) is 27.1 Å². The zero-order valence-electron chi connectivity index (χ0n) is 13.9. The third kappa shape index (κ3) is 3.42. The largest absolute Gasteiger partial charge is 0.330 e. The maximum absolute atomic E-state index is 12.7. The van der Waals surface area contributed by atoms with Gasteiger partial charge < -0.3 is 9.80 Å². The number of aromatic nitrogens is 3. The Hall–Kier alpha value is -2.21. The summed E-state index contributed by atoms with van der Waals surface area (Å²) >= 11 is 0. The normalized spacial score (nSPS) is 17.9. The SMILES string of the molecule is CN(C)Cc1ccc([C@H]2CCCN2C(=O)c2cnn(C)c2)nc1. The van der Waals surface area contributed by atoms with Gasteiger partial charge in [-0.2, -0.15) is 5.10 Å². The van der Waals surface area contributed by atoms with Crippen molar-refractivity contribution in [2.75, 3.05) is 20.6 Å². The molecule has 1 atom stereocenters. The number of likely N-dealkylation sites (tertiary alicyclic amines) is 1. The van der Waals surface area contributed by atoms with Gasteiger partial charge in [0.25, 0.3) is 5.91 Å². The maximum atomic E-state index is 12.7. The molecule has 0 aromatic carbocycles. The van der Waals surface area contributed by atoms with Crippen LogP contribution in [0.2, 0.25) is 0 Å². The van der Waals surface area contributed by atoms with Gasteiger partial charge in [0.15, 0.2) is 0 Å². The molecule has 2 aromatic rings. The van der Waals surface area contributed by atoms with Crippen LogP contribution in [0.5, 0.6) is 0 Å². The van der Waals surface area contributed by atoms with E-state index in [-0.39, 0.29) is 11.9 Å². The highest BCUT2D eigenvalue weighted by Gasteiger charge is 2.31. The summed E-state index contributed by atoms with van der Waals surface area (Å²) in [5.74, 6) is 0.0415. The average Bonchev–Trinajstić information content (AvgIpc) is 3.15. The number of nitrogens with zero attached hydrogens (tertiary/aromatic N) is 5. The van der Waals surface area contributed by atoms with E-state index < -0.39 is 0 Å². The van der Waals surface area contributed by atoms with Gasteiger partial charge >= 0.3 is 0 Å². The maximum Gasteiger partial charge on any atom is 0.257 e. The molecule has 23 heavy (non-hydrogen) atoms. The molecule has 1 aliphatic rings. The van der Waals surface area contributed by atoms with Gasteiger partial charge in [-0.3, -0.25) is 14.5 Å². The van der Waals surface area contributed by atoms with E-state index in [1.165, 1.54) is 5.56 Å². The van der Waals surface area contributed by atoms with Gasteiger partial charge in [0.1, 0.15) is 0 Å². The van der Waals surface area contributed by atoms with Gasteiger partial charge in [-0.05, 0) is 38.6 Å². The number of carbonyl (C=O) groups is 1. The number of rotatable bonds is 4. The van der Waals surface area contributed by atoms with Crippen molar-refractivity contribution in [2.45, 2.75) is 25.4 Å². The molecule has 3 rings (SSSR count). The summed E-state index contributed by atoms with van der Waals surface area (Å²) in [5.41, 5.74) is 2.80. The Morgan fingerprint density at radius 1 is 1.35 bits per heavy atom. The monoisotopic (exact) mass is 313 g/mol. The number of pyridine rings is 1. The predicted molar refractivity (Wildman–Crippen MR) is 87.8 cm³/mol. The Bertz CT molecular complexity index is 677. The Morgan fingerprint density at radius 2 is 2.17 bits per heavy atom. The van der Waals surface area contributed by atoms with Gasteiger partial charge in [0, 0.05) is 32.5 Å². The Labute approximate surface area is 136 Å². The number of aryl methyl sites for hydroxylation is 1. The van der Waals surface area contributed by atoms with E-state index in [0.29, 0.717) is 5.56 Å². The third-order valence-electron chi connectivity index (χ3n) is 4.15. The van der Waals surface area contributed by atoms with Crippen LogP contribution in [0, 0.1) is 0 Å². The molecule has 1 saturated heterocycles. The molecule has 0 saturated carbocycles. The van der Waals surface area contributed by atoms with Crippen molar-refractivity contribution in [3.8, 4) is 0 Å². The molecular formula is C17H23N5O. The topological polar surface area (TPSA) is 54.3 Å². The molecule has 1 amide bonds. The number of carbonyl (C=O) groups excluding carboxylic acids is 1. The van der Waals surface area contributed by atoms with Crippen molar-refractivity contribution in [1.29, 1.82) is 0 Å². The quantitative estimate of drug-likeness (QED) is 0.864. The average molecular weight is 313 g/mol. The highest BCUT2D eigenvalue weighted by atomic mass is 16.2. The zero-order valence-corrected chi connectivity index (χ0v) is 13.9. The molecule has 0 N–H and O–H groups in total. The summed E-state index contributed by atoms with van der Waals surface area (Å²) in [6.45, 7) is 1.65. The lowest BCUT2D eigenvalue weighted by molar-refractivity contribution is 0.0733. The smallest absolute Gasteiger partial charge is 0.257 e. The zero-order chi connectivity index (χ0) is 16.4. The van der Waals surface area contributed by atoms with Gasteiger partial charge in [-0.15, -0.1) is 0 Å². The lowest BCUT2D eigenvalue weighted by atomic mass is 10.1. The lowest BCUT2D eigenvalue weighted by Gasteiger charge is -2.24. The molecule has 0 radical (unpaired) electrons. The van der Waals surface area contributed by atoms with Gasteiger partial charge in [0.2, 0.25) is 0 Å². The number of hydrogen-bond donors (Lipinski definition) is 0. The van der Waals surface area contributed by atoms with Gasteiger partial charge in [-0.25, -0.2) is 0 Å². The fourth-order valence-electron chi connectivity index (χ4n) is 3.11. The Balaban J connectivity index is 1.77. The van der Waals surface area contributed by atoms with Crippen LogP contribution in [-0.4, -0.2) is 51.1 Å². The first kappa shape index (κ1) is 15.7. The van der Waals surface area contributed by atoms with Crippen LogP contribution in [0.4, 0.5) is 0 Å². The summed E-state index contributed by atoms with van der Waals surface area (Å²) in [5, 5.41) is 4.09. The number of hydrogen-bond acceptors (Lipinski definition) is 4. The Morgan fingerprint density at radius 3 is 2.78 bits per heavy atom. The first-order valence-electron chi connectivity index (χ1n) is 7.94. The molecule has 3 heterocycles. The van der Waals surface area contributed by atoms with Gasteiger partial charge in [-0.1, -0.05) is 6.07 Å². The summed E-state index contributed by atoms with van der Waals surface area (Å²) in [6, 6.07) is 4.22. The summed E-state index contributed by atoms with van der Waals surface area (Å²) in [6.07, 6.45) is 7.29. The van der Waals surface area contributed by atoms with Crippen molar-refractivity contribution in [3.63, 3.8) is 0 Å². The van der Waals surface area contributed by atoms with Crippen LogP contribution in [0.1, 0.15) is 40.5 Å². The minimum atomic E-state index is 0.0415.